The zero-order chi connectivity index (χ0) is 13.9. The van der Waals surface area contributed by atoms with Gasteiger partial charge in [-0.1, -0.05) is 58.4 Å². The Morgan fingerprint density at radius 1 is 1.26 bits per heavy atom. The summed E-state index contributed by atoms with van der Waals surface area (Å²) in [5, 5.41) is 3.53. The van der Waals surface area contributed by atoms with E-state index >= 15 is 0 Å². The summed E-state index contributed by atoms with van der Waals surface area (Å²) in [5.41, 5.74) is 3.33. The minimum Gasteiger partial charge on any atom is -0.315 e. The molecule has 0 unspecified atom stereocenters. The van der Waals surface area contributed by atoms with Gasteiger partial charge in [-0.25, -0.2) is 0 Å². The lowest BCUT2D eigenvalue weighted by atomic mass is 9.76. The predicted molar refractivity (Wildman–Crippen MR) is 83.8 cm³/mol. The summed E-state index contributed by atoms with van der Waals surface area (Å²) in [6.07, 6.45) is 5.38. The first-order valence-electron chi connectivity index (χ1n) is 7.83. The Bertz CT molecular complexity index is 402. The highest BCUT2D eigenvalue weighted by atomic mass is 14.9. The molecule has 0 spiro atoms. The zero-order valence-electron chi connectivity index (χ0n) is 13.0. The molecule has 106 valence electrons. The average Bonchev–Trinajstić information content (AvgIpc) is 2.26. The van der Waals surface area contributed by atoms with E-state index in [2.05, 4.69) is 57.3 Å². The number of hydrogen-bond donors (Lipinski definition) is 1. The molecule has 1 fully saturated rings. The van der Waals surface area contributed by atoms with Crippen molar-refractivity contribution in [1.29, 1.82) is 0 Å². The van der Waals surface area contributed by atoms with Gasteiger partial charge in [0.2, 0.25) is 0 Å². The second-order valence-electron chi connectivity index (χ2n) is 7.00. The van der Waals surface area contributed by atoms with Gasteiger partial charge in [0, 0.05) is 6.04 Å². The molecule has 2 rings (SSSR count). The molecule has 0 aromatic heterocycles. The van der Waals surface area contributed by atoms with Crippen LogP contribution in [0.15, 0.2) is 24.3 Å². The molecule has 1 aromatic carbocycles. The Hall–Kier alpha value is -0.820. The van der Waals surface area contributed by atoms with Crippen LogP contribution in [0, 0.1) is 0 Å². The quantitative estimate of drug-likeness (QED) is 0.786. The average molecular weight is 259 g/mol. The van der Waals surface area contributed by atoms with Crippen LogP contribution in [0.3, 0.4) is 0 Å². The van der Waals surface area contributed by atoms with E-state index in [1.54, 1.807) is 5.56 Å². The Kier molecular flexibility index (Phi) is 4.67. The maximum Gasteiger partial charge on any atom is 0.00103 e. The molecule has 1 aliphatic carbocycles. The van der Waals surface area contributed by atoms with Crippen LogP contribution in [0.2, 0.25) is 0 Å². The van der Waals surface area contributed by atoms with Crippen molar-refractivity contribution in [3.63, 3.8) is 0 Å². The molecule has 0 saturated heterocycles. The highest BCUT2D eigenvalue weighted by molar-refractivity contribution is 5.32. The van der Waals surface area contributed by atoms with Crippen molar-refractivity contribution in [3.8, 4) is 0 Å². The minimum absolute atomic E-state index is 0.266. The standard InChI is InChI=1S/C18H29N/c1-14(2)19-12-11-18(3,4)17-10-6-9-16(13-17)15-7-5-8-15/h6,9-10,13-15,19H,5,7-8,11-12H2,1-4H3. The maximum absolute atomic E-state index is 3.53. The highest BCUT2D eigenvalue weighted by Gasteiger charge is 2.24. The molecule has 19 heavy (non-hydrogen) atoms. The molecule has 0 radical (unpaired) electrons. The van der Waals surface area contributed by atoms with Gasteiger partial charge in [0.05, 0.1) is 0 Å². The summed E-state index contributed by atoms with van der Waals surface area (Å²) in [6.45, 7) is 10.3. The van der Waals surface area contributed by atoms with E-state index in [-0.39, 0.29) is 5.41 Å². The van der Waals surface area contributed by atoms with Crippen LogP contribution in [0.1, 0.15) is 70.4 Å². The Morgan fingerprint density at radius 3 is 2.58 bits per heavy atom. The Morgan fingerprint density at radius 2 is 2.00 bits per heavy atom. The van der Waals surface area contributed by atoms with Gasteiger partial charge in [0.1, 0.15) is 0 Å². The van der Waals surface area contributed by atoms with Crippen molar-refractivity contribution in [3.05, 3.63) is 35.4 Å². The van der Waals surface area contributed by atoms with Crippen LogP contribution in [0.5, 0.6) is 0 Å². The van der Waals surface area contributed by atoms with Gasteiger partial charge in [-0.15, -0.1) is 0 Å². The van der Waals surface area contributed by atoms with E-state index in [1.807, 2.05) is 0 Å². The van der Waals surface area contributed by atoms with Gasteiger partial charge >= 0.3 is 0 Å². The second kappa shape index (κ2) is 6.09. The molecule has 1 heteroatoms. The molecule has 0 amide bonds. The van der Waals surface area contributed by atoms with Crippen LogP contribution in [-0.4, -0.2) is 12.6 Å². The number of rotatable bonds is 6. The lowest BCUT2D eigenvalue weighted by Gasteiger charge is -2.30. The van der Waals surface area contributed by atoms with E-state index in [4.69, 9.17) is 0 Å². The van der Waals surface area contributed by atoms with Gasteiger partial charge in [0.15, 0.2) is 0 Å². The van der Waals surface area contributed by atoms with Crippen molar-refractivity contribution in [2.24, 2.45) is 0 Å². The molecule has 0 aliphatic heterocycles. The van der Waals surface area contributed by atoms with Gasteiger partial charge in [0.25, 0.3) is 0 Å². The van der Waals surface area contributed by atoms with Crippen LogP contribution in [0.25, 0.3) is 0 Å². The third-order valence-electron chi connectivity index (χ3n) is 4.55. The fourth-order valence-electron chi connectivity index (χ4n) is 2.77. The van der Waals surface area contributed by atoms with E-state index < -0.39 is 0 Å². The maximum atomic E-state index is 3.53. The van der Waals surface area contributed by atoms with Crippen LogP contribution in [-0.2, 0) is 5.41 Å². The van der Waals surface area contributed by atoms with Crippen molar-refractivity contribution in [2.75, 3.05) is 6.54 Å². The van der Waals surface area contributed by atoms with Crippen molar-refractivity contribution < 1.29 is 0 Å². The molecular weight excluding hydrogens is 230 g/mol. The summed E-state index contributed by atoms with van der Waals surface area (Å²) in [7, 11) is 0. The fourth-order valence-corrected chi connectivity index (χ4v) is 2.77. The molecule has 0 heterocycles. The van der Waals surface area contributed by atoms with Crippen molar-refractivity contribution in [2.45, 2.75) is 70.8 Å². The first kappa shape index (κ1) is 14.6. The lowest BCUT2D eigenvalue weighted by Crippen LogP contribution is -2.29. The second-order valence-corrected chi connectivity index (χ2v) is 7.00. The summed E-state index contributed by atoms with van der Waals surface area (Å²) in [4.78, 5) is 0. The third-order valence-corrected chi connectivity index (χ3v) is 4.55. The van der Waals surface area contributed by atoms with Gasteiger partial charge in [-0.2, -0.15) is 0 Å². The molecule has 1 saturated carbocycles. The van der Waals surface area contributed by atoms with E-state index in [1.165, 1.54) is 31.2 Å². The van der Waals surface area contributed by atoms with Crippen molar-refractivity contribution >= 4 is 0 Å². The van der Waals surface area contributed by atoms with Crippen LogP contribution < -0.4 is 5.32 Å². The van der Waals surface area contributed by atoms with E-state index in [0.29, 0.717) is 6.04 Å². The first-order chi connectivity index (χ1) is 8.99. The highest BCUT2D eigenvalue weighted by Crippen LogP contribution is 2.38. The zero-order valence-corrected chi connectivity index (χ0v) is 13.0. The third kappa shape index (κ3) is 3.82. The summed E-state index contributed by atoms with van der Waals surface area (Å²) < 4.78 is 0. The summed E-state index contributed by atoms with van der Waals surface area (Å²) >= 11 is 0. The molecule has 0 bridgehead atoms. The molecule has 1 nitrogen and oxygen atoms in total. The molecule has 1 aliphatic rings. The SMILES string of the molecule is CC(C)NCCC(C)(C)c1cccc(C2CCC2)c1. The lowest BCUT2D eigenvalue weighted by molar-refractivity contribution is 0.415. The molecule has 1 N–H and O–H groups in total. The number of hydrogen-bond acceptors (Lipinski definition) is 1. The van der Waals surface area contributed by atoms with Gasteiger partial charge in [-0.3, -0.25) is 0 Å². The van der Waals surface area contributed by atoms with Gasteiger partial charge < -0.3 is 5.32 Å². The Balaban J connectivity index is 2.02. The fraction of sp³-hybridized carbons (Fsp3) is 0.667. The normalized spacial score (nSPS) is 16.7. The predicted octanol–water partition coefficient (Wildman–Crippen LogP) is 4.62. The van der Waals surface area contributed by atoms with E-state index in [9.17, 15) is 0 Å². The van der Waals surface area contributed by atoms with Crippen LogP contribution >= 0.6 is 0 Å². The largest absolute Gasteiger partial charge is 0.315 e. The van der Waals surface area contributed by atoms with E-state index in [0.717, 1.165) is 12.5 Å². The van der Waals surface area contributed by atoms with Crippen LogP contribution in [0.4, 0.5) is 0 Å². The first-order valence-corrected chi connectivity index (χ1v) is 7.83. The number of benzene rings is 1. The molecule has 0 atom stereocenters. The Labute approximate surface area is 118 Å². The van der Waals surface area contributed by atoms with Gasteiger partial charge in [-0.05, 0) is 48.3 Å². The monoisotopic (exact) mass is 259 g/mol. The smallest absolute Gasteiger partial charge is 0.00103 e. The number of nitrogens with one attached hydrogen (secondary N) is 1. The topological polar surface area (TPSA) is 12.0 Å². The molecule has 1 aromatic rings. The summed E-state index contributed by atoms with van der Waals surface area (Å²) in [5.74, 6) is 0.838. The summed E-state index contributed by atoms with van der Waals surface area (Å²) in [6, 6.07) is 9.91. The molecular formula is C18H29N. The van der Waals surface area contributed by atoms with Crippen molar-refractivity contribution in [1.82, 2.24) is 5.32 Å². The minimum atomic E-state index is 0.266.